The molecule has 0 aliphatic carbocycles. The third-order valence-electron chi connectivity index (χ3n) is 3.77. The number of nitrogens with one attached hydrogen (secondary N) is 2. The molecule has 2 saturated heterocycles. The van der Waals surface area contributed by atoms with E-state index < -0.39 is 39.9 Å². The molecule has 3 unspecified atom stereocenters. The first-order chi connectivity index (χ1) is 9.17. The van der Waals surface area contributed by atoms with Crippen molar-refractivity contribution < 1.29 is 26.4 Å². The first kappa shape index (κ1) is 15.6. The van der Waals surface area contributed by atoms with Crippen LogP contribution >= 0.6 is 0 Å². The molecule has 2 fully saturated rings. The van der Waals surface area contributed by atoms with Crippen molar-refractivity contribution in [3.05, 3.63) is 0 Å². The molecular formula is C11H17F3N2O3S. The van der Waals surface area contributed by atoms with Gasteiger partial charge in [-0.2, -0.15) is 13.2 Å². The van der Waals surface area contributed by atoms with Gasteiger partial charge in [-0.3, -0.25) is 4.79 Å². The Balaban J connectivity index is 1.81. The summed E-state index contributed by atoms with van der Waals surface area (Å²) in [7, 11) is -3.08. The fourth-order valence-electron chi connectivity index (χ4n) is 2.57. The zero-order chi connectivity index (χ0) is 15.0. The van der Waals surface area contributed by atoms with Gasteiger partial charge in [-0.1, -0.05) is 0 Å². The second-order valence-electron chi connectivity index (χ2n) is 5.39. The van der Waals surface area contributed by atoms with Crippen molar-refractivity contribution >= 4 is 15.7 Å². The summed E-state index contributed by atoms with van der Waals surface area (Å²) in [4.78, 5) is 11.9. The zero-order valence-electron chi connectivity index (χ0n) is 10.7. The summed E-state index contributed by atoms with van der Waals surface area (Å²) in [5.74, 6) is -1.87. The molecule has 2 aliphatic rings. The van der Waals surface area contributed by atoms with E-state index in [1.54, 1.807) is 0 Å². The average molecular weight is 314 g/mol. The van der Waals surface area contributed by atoms with Crippen molar-refractivity contribution in [3.63, 3.8) is 0 Å². The Bertz CT molecular complexity index is 470. The van der Waals surface area contributed by atoms with E-state index in [2.05, 4.69) is 10.6 Å². The molecule has 0 radical (unpaired) electrons. The Kier molecular flexibility index (Phi) is 4.29. The number of hydrogen-bond donors (Lipinski definition) is 2. The number of sulfone groups is 1. The van der Waals surface area contributed by atoms with Gasteiger partial charge >= 0.3 is 6.18 Å². The molecule has 0 aromatic heterocycles. The van der Waals surface area contributed by atoms with Crippen molar-refractivity contribution in [3.8, 4) is 0 Å². The summed E-state index contributed by atoms with van der Waals surface area (Å²) in [5, 5.41) is 5.18. The smallest absolute Gasteiger partial charge is 0.351 e. The highest BCUT2D eigenvalue weighted by molar-refractivity contribution is 7.91. The van der Waals surface area contributed by atoms with E-state index in [0.29, 0.717) is 6.42 Å². The van der Waals surface area contributed by atoms with Crippen LogP contribution in [0.5, 0.6) is 0 Å². The Labute approximate surface area is 115 Å². The van der Waals surface area contributed by atoms with Gasteiger partial charge in [0.2, 0.25) is 5.91 Å². The van der Waals surface area contributed by atoms with Gasteiger partial charge in [-0.25, -0.2) is 8.42 Å². The predicted molar refractivity (Wildman–Crippen MR) is 65.8 cm³/mol. The highest BCUT2D eigenvalue weighted by Gasteiger charge is 2.42. The first-order valence-corrected chi connectivity index (χ1v) is 8.30. The van der Waals surface area contributed by atoms with Gasteiger partial charge in [0, 0.05) is 12.6 Å². The fraction of sp³-hybridized carbons (Fsp3) is 0.909. The third-order valence-corrected chi connectivity index (χ3v) is 5.54. The van der Waals surface area contributed by atoms with Crippen LogP contribution in [0.2, 0.25) is 0 Å². The Morgan fingerprint density at radius 2 is 1.90 bits per heavy atom. The summed E-state index contributed by atoms with van der Waals surface area (Å²) in [6.45, 7) is -0.273. The maximum atomic E-state index is 12.5. The second kappa shape index (κ2) is 5.51. The monoisotopic (exact) mass is 314 g/mol. The minimum Gasteiger partial charge on any atom is -0.351 e. The van der Waals surface area contributed by atoms with Crippen LogP contribution in [-0.4, -0.2) is 50.6 Å². The molecule has 20 heavy (non-hydrogen) atoms. The molecule has 9 heteroatoms. The number of carbonyl (C=O) groups excluding carboxylic acids is 1. The number of rotatable bonds is 2. The molecule has 116 valence electrons. The third kappa shape index (κ3) is 3.85. The molecule has 1 amide bonds. The number of halogens is 3. The normalized spacial score (nSPS) is 33.9. The van der Waals surface area contributed by atoms with Crippen LogP contribution in [0.25, 0.3) is 0 Å². The molecular weight excluding hydrogens is 297 g/mol. The van der Waals surface area contributed by atoms with Crippen LogP contribution in [0, 0.1) is 5.92 Å². The maximum Gasteiger partial charge on any atom is 0.393 e. The lowest BCUT2D eigenvalue weighted by Crippen LogP contribution is -2.53. The largest absolute Gasteiger partial charge is 0.393 e. The highest BCUT2D eigenvalue weighted by Crippen LogP contribution is 2.31. The van der Waals surface area contributed by atoms with Crippen LogP contribution in [-0.2, 0) is 14.6 Å². The summed E-state index contributed by atoms with van der Waals surface area (Å²) in [6.07, 6.45) is -3.85. The molecule has 3 atom stereocenters. The SMILES string of the molecule is O=C(NC1CCS(=O)(=O)C1)C1CCC(C(F)(F)F)CN1. The van der Waals surface area contributed by atoms with Crippen LogP contribution in [0.4, 0.5) is 13.2 Å². The summed E-state index contributed by atoms with van der Waals surface area (Å²) < 4.78 is 59.9. The van der Waals surface area contributed by atoms with Gasteiger partial charge in [-0.05, 0) is 19.3 Å². The Morgan fingerprint density at radius 3 is 2.35 bits per heavy atom. The lowest BCUT2D eigenvalue weighted by molar-refractivity contribution is -0.180. The topological polar surface area (TPSA) is 75.3 Å². The highest BCUT2D eigenvalue weighted by atomic mass is 32.2. The van der Waals surface area contributed by atoms with E-state index in [1.165, 1.54) is 0 Å². The van der Waals surface area contributed by atoms with E-state index in [9.17, 15) is 26.4 Å². The van der Waals surface area contributed by atoms with Crippen molar-refractivity contribution in [2.24, 2.45) is 5.92 Å². The molecule has 2 rings (SSSR count). The van der Waals surface area contributed by atoms with Crippen molar-refractivity contribution in [1.29, 1.82) is 0 Å². The zero-order valence-corrected chi connectivity index (χ0v) is 11.6. The van der Waals surface area contributed by atoms with E-state index in [1.807, 2.05) is 0 Å². The van der Waals surface area contributed by atoms with E-state index in [0.717, 1.165) is 0 Å². The quantitative estimate of drug-likeness (QED) is 0.765. The summed E-state index contributed by atoms with van der Waals surface area (Å²) >= 11 is 0. The van der Waals surface area contributed by atoms with E-state index >= 15 is 0 Å². The molecule has 2 N–H and O–H groups in total. The van der Waals surface area contributed by atoms with Crippen LogP contribution < -0.4 is 10.6 Å². The van der Waals surface area contributed by atoms with Gasteiger partial charge in [0.15, 0.2) is 9.84 Å². The minimum atomic E-state index is -4.24. The van der Waals surface area contributed by atoms with E-state index in [-0.39, 0.29) is 30.9 Å². The molecule has 2 aliphatic heterocycles. The lowest BCUT2D eigenvalue weighted by Gasteiger charge is -2.30. The number of alkyl halides is 3. The number of carbonyl (C=O) groups is 1. The molecule has 2 heterocycles. The maximum absolute atomic E-state index is 12.5. The standard InChI is InChI=1S/C11H17F3N2O3S/c12-11(13,14)7-1-2-9(15-5-7)10(17)16-8-3-4-20(18,19)6-8/h7-9,15H,1-6H2,(H,16,17). The number of hydrogen-bond acceptors (Lipinski definition) is 4. The number of piperidine rings is 1. The molecule has 0 aromatic carbocycles. The van der Waals surface area contributed by atoms with Crippen LogP contribution in [0.3, 0.4) is 0 Å². The van der Waals surface area contributed by atoms with Crippen molar-refractivity contribution in [2.75, 3.05) is 18.1 Å². The molecule has 0 saturated carbocycles. The molecule has 0 aromatic rings. The molecule has 0 bridgehead atoms. The van der Waals surface area contributed by atoms with Gasteiger partial charge in [0.1, 0.15) is 0 Å². The Hall–Kier alpha value is -0.830. The lowest BCUT2D eigenvalue weighted by atomic mass is 9.93. The summed E-state index contributed by atoms with van der Waals surface area (Å²) in [5.41, 5.74) is 0. The van der Waals surface area contributed by atoms with Gasteiger partial charge in [0.05, 0.1) is 23.5 Å². The second-order valence-corrected chi connectivity index (χ2v) is 7.61. The van der Waals surface area contributed by atoms with Gasteiger partial charge in [0.25, 0.3) is 0 Å². The van der Waals surface area contributed by atoms with E-state index in [4.69, 9.17) is 0 Å². The number of amides is 1. The summed E-state index contributed by atoms with van der Waals surface area (Å²) in [6, 6.07) is -1.09. The molecule has 5 nitrogen and oxygen atoms in total. The first-order valence-electron chi connectivity index (χ1n) is 6.48. The van der Waals surface area contributed by atoms with Crippen LogP contribution in [0.15, 0.2) is 0 Å². The van der Waals surface area contributed by atoms with Crippen molar-refractivity contribution in [2.45, 2.75) is 37.5 Å². The molecule has 0 spiro atoms. The predicted octanol–water partition coefficient (Wildman–Crippen LogP) is 0.220. The van der Waals surface area contributed by atoms with Gasteiger partial charge < -0.3 is 10.6 Å². The minimum absolute atomic E-state index is 0.0478. The van der Waals surface area contributed by atoms with Crippen LogP contribution in [0.1, 0.15) is 19.3 Å². The Morgan fingerprint density at radius 1 is 1.20 bits per heavy atom. The van der Waals surface area contributed by atoms with Gasteiger partial charge in [-0.15, -0.1) is 0 Å². The van der Waals surface area contributed by atoms with Crippen molar-refractivity contribution in [1.82, 2.24) is 10.6 Å². The fourth-order valence-corrected chi connectivity index (χ4v) is 4.24. The average Bonchev–Trinajstić information content (AvgIpc) is 2.67.